The highest BCUT2D eigenvalue weighted by molar-refractivity contribution is 7.26. The lowest BCUT2D eigenvalue weighted by Crippen LogP contribution is -1.95. The number of nitrogens with zero attached hydrogens (tertiary/aromatic N) is 3. The van der Waals surface area contributed by atoms with Crippen molar-refractivity contribution in [3.8, 4) is 11.3 Å². The van der Waals surface area contributed by atoms with E-state index in [4.69, 9.17) is 21.6 Å². The van der Waals surface area contributed by atoms with Crippen molar-refractivity contribution < 1.29 is 0 Å². The Bertz CT molecular complexity index is 1040. The number of aryl methyl sites for hydroxylation is 2. The van der Waals surface area contributed by atoms with Crippen LogP contribution in [0.25, 0.3) is 31.7 Å². The van der Waals surface area contributed by atoms with Crippen molar-refractivity contribution in [3.05, 3.63) is 52.9 Å². The van der Waals surface area contributed by atoms with Crippen LogP contribution in [-0.4, -0.2) is 15.0 Å². The van der Waals surface area contributed by atoms with Crippen LogP contribution in [0.5, 0.6) is 0 Å². The molecule has 4 rings (SSSR count). The molecule has 0 aliphatic carbocycles. The van der Waals surface area contributed by atoms with E-state index in [9.17, 15) is 0 Å². The van der Waals surface area contributed by atoms with Crippen molar-refractivity contribution in [2.45, 2.75) is 26.7 Å². The molecule has 0 bridgehead atoms. The zero-order chi connectivity index (χ0) is 16.7. The first-order valence-electron chi connectivity index (χ1n) is 7.99. The van der Waals surface area contributed by atoms with Crippen molar-refractivity contribution in [3.63, 3.8) is 0 Å². The van der Waals surface area contributed by atoms with Gasteiger partial charge in [0.25, 0.3) is 0 Å². The summed E-state index contributed by atoms with van der Waals surface area (Å²) in [4.78, 5) is 15.0. The zero-order valence-corrected chi connectivity index (χ0v) is 15.1. The number of fused-ring (bicyclic) bond motifs is 3. The highest BCUT2D eigenvalue weighted by Gasteiger charge is 2.16. The molecule has 24 heavy (non-hydrogen) atoms. The maximum Gasteiger partial charge on any atom is 0.150 e. The average Bonchev–Trinajstić information content (AvgIpc) is 2.96. The van der Waals surface area contributed by atoms with Gasteiger partial charge in [-0.1, -0.05) is 48.9 Å². The van der Waals surface area contributed by atoms with Crippen LogP contribution in [0.3, 0.4) is 0 Å². The third kappa shape index (κ3) is 2.56. The Morgan fingerprint density at radius 3 is 2.62 bits per heavy atom. The third-order valence-corrected chi connectivity index (χ3v) is 5.50. The van der Waals surface area contributed by atoms with Crippen molar-refractivity contribution >= 4 is 43.4 Å². The van der Waals surface area contributed by atoms with E-state index in [1.165, 1.54) is 5.56 Å². The zero-order valence-electron chi connectivity index (χ0n) is 13.5. The second-order valence-electron chi connectivity index (χ2n) is 5.83. The summed E-state index contributed by atoms with van der Waals surface area (Å²) in [5, 5.41) is 1.63. The minimum atomic E-state index is 0.534. The van der Waals surface area contributed by atoms with Gasteiger partial charge >= 0.3 is 0 Å². The van der Waals surface area contributed by atoms with Crippen LogP contribution in [0, 0.1) is 6.92 Å². The van der Waals surface area contributed by atoms with Gasteiger partial charge in [-0.25, -0.2) is 15.0 Å². The van der Waals surface area contributed by atoms with Crippen molar-refractivity contribution in [1.82, 2.24) is 15.0 Å². The minimum Gasteiger partial charge on any atom is -0.237 e. The van der Waals surface area contributed by atoms with E-state index in [0.717, 1.165) is 50.4 Å². The molecule has 3 nitrogen and oxygen atoms in total. The molecule has 0 N–H and O–H groups in total. The first kappa shape index (κ1) is 15.5. The van der Waals surface area contributed by atoms with Crippen molar-refractivity contribution in [1.29, 1.82) is 0 Å². The number of hydrogen-bond donors (Lipinski definition) is 0. The van der Waals surface area contributed by atoms with Gasteiger partial charge < -0.3 is 0 Å². The van der Waals surface area contributed by atoms with Gasteiger partial charge in [0, 0.05) is 17.4 Å². The monoisotopic (exact) mass is 353 g/mol. The summed E-state index contributed by atoms with van der Waals surface area (Å²) in [5.41, 5.74) is 4.19. The van der Waals surface area contributed by atoms with E-state index in [-0.39, 0.29) is 0 Å². The number of hydrogen-bond acceptors (Lipinski definition) is 4. The van der Waals surface area contributed by atoms with Crippen LogP contribution in [0.15, 0.2) is 36.4 Å². The van der Waals surface area contributed by atoms with E-state index >= 15 is 0 Å². The predicted octanol–water partition coefficient (Wildman–Crippen LogP) is 5.82. The van der Waals surface area contributed by atoms with Gasteiger partial charge in [0.05, 0.1) is 15.9 Å². The predicted molar refractivity (Wildman–Crippen MR) is 102 cm³/mol. The van der Waals surface area contributed by atoms with Crippen molar-refractivity contribution in [2.75, 3.05) is 0 Å². The normalized spacial score (nSPS) is 11.5. The van der Waals surface area contributed by atoms with Crippen molar-refractivity contribution in [2.24, 2.45) is 0 Å². The summed E-state index contributed by atoms with van der Waals surface area (Å²) >= 11 is 7.98. The Balaban J connectivity index is 2.00. The molecule has 0 spiro atoms. The molecular formula is C19H16ClN3S. The number of thiophene rings is 1. The summed E-state index contributed by atoms with van der Waals surface area (Å²) in [6.45, 7) is 4.23. The molecule has 0 saturated heterocycles. The number of rotatable bonds is 3. The maximum absolute atomic E-state index is 6.41. The number of pyridine rings is 1. The van der Waals surface area contributed by atoms with Gasteiger partial charge in [-0.3, -0.25) is 0 Å². The van der Waals surface area contributed by atoms with E-state index in [1.807, 2.05) is 18.2 Å². The molecule has 1 aromatic carbocycles. The SMILES string of the molecule is CCCc1nc(Cl)c2sc3nc(-c4ccccc4)cc(C)c3c2n1. The lowest BCUT2D eigenvalue weighted by Gasteiger charge is -2.04. The summed E-state index contributed by atoms with van der Waals surface area (Å²) in [6, 6.07) is 12.3. The molecule has 3 aromatic heterocycles. The van der Waals surface area contributed by atoms with Gasteiger partial charge in [0.1, 0.15) is 10.7 Å². The summed E-state index contributed by atoms with van der Waals surface area (Å²) in [6.07, 6.45) is 1.83. The Kier molecular flexibility index (Phi) is 3.94. The van der Waals surface area contributed by atoms with Crippen LogP contribution >= 0.6 is 22.9 Å². The third-order valence-electron chi connectivity index (χ3n) is 4.03. The van der Waals surface area contributed by atoms with Crippen LogP contribution in [-0.2, 0) is 6.42 Å². The summed E-state index contributed by atoms with van der Waals surface area (Å²) in [7, 11) is 0. The lowest BCUT2D eigenvalue weighted by atomic mass is 10.1. The second-order valence-corrected chi connectivity index (χ2v) is 7.19. The Morgan fingerprint density at radius 1 is 1.08 bits per heavy atom. The molecule has 0 aliphatic rings. The Labute approximate surface area is 149 Å². The molecule has 0 unspecified atom stereocenters. The van der Waals surface area contributed by atoms with Gasteiger partial charge in [0.2, 0.25) is 0 Å². The maximum atomic E-state index is 6.41. The average molecular weight is 354 g/mol. The molecule has 4 aromatic rings. The fourth-order valence-corrected chi connectivity index (χ4v) is 4.29. The molecule has 0 atom stereocenters. The first-order valence-corrected chi connectivity index (χ1v) is 9.18. The Morgan fingerprint density at radius 2 is 1.88 bits per heavy atom. The van der Waals surface area contributed by atoms with Crippen LogP contribution in [0.2, 0.25) is 5.15 Å². The molecule has 0 fully saturated rings. The van der Waals surface area contributed by atoms with E-state index < -0.39 is 0 Å². The largest absolute Gasteiger partial charge is 0.237 e. The number of benzene rings is 1. The van der Waals surface area contributed by atoms with E-state index in [2.05, 4.69) is 37.0 Å². The fraction of sp³-hybridized carbons (Fsp3) is 0.211. The van der Waals surface area contributed by atoms with Crippen LogP contribution in [0.1, 0.15) is 24.7 Å². The highest BCUT2D eigenvalue weighted by atomic mass is 35.5. The molecular weight excluding hydrogens is 338 g/mol. The molecule has 3 heterocycles. The molecule has 0 radical (unpaired) electrons. The molecule has 0 aliphatic heterocycles. The van der Waals surface area contributed by atoms with Gasteiger partial charge in [0.15, 0.2) is 5.15 Å². The highest BCUT2D eigenvalue weighted by Crippen LogP contribution is 2.38. The van der Waals surface area contributed by atoms with Gasteiger partial charge in [-0.05, 0) is 25.0 Å². The molecule has 0 amide bonds. The van der Waals surface area contributed by atoms with Gasteiger partial charge in [-0.15, -0.1) is 11.3 Å². The van der Waals surface area contributed by atoms with Gasteiger partial charge in [-0.2, -0.15) is 0 Å². The molecule has 120 valence electrons. The smallest absolute Gasteiger partial charge is 0.150 e. The standard InChI is InChI=1S/C19H16ClN3S/c1-3-7-14-22-16-15-11(2)10-13(12-8-5-4-6-9-12)21-19(15)24-17(16)18(20)23-14/h4-6,8-10H,3,7H2,1-2H3. The van der Waals surface area contributed by atoms with E-state index in [1.54, 1.807) is 11.3 Å². The van der Waals surface area contributed by atoms with E-state index in [0.29, 0.717) is 5.15 Å². The molecule has 0 saturated carbocycles. The Hall–Kier alpha value is -2.04. The lowest BCUT2D eigenvalue weighted by molar-refractivity contribution is 0.845. The van der Waals surface area contributed by atoms with Crippen LogP contribution < -0.4 is 0 Å². The first-order chi connectivity index (χ1) is 11.7. The second kappa shape index (κ2) is 6.11. The van der Waals surface area contributed by atoms with Crippen LogP contribution in [0.4, 0.5) is 0 Å². The minimum absolute atomic E-state index is 0.534. The quantitative estimate of drug-likeness (QED) is 0.435. The summed E-state index contributed by atoms with van der Waals surface area (Å²) in [5.74, 6) is 0.807. The topological polar surface area (TPSA) is 38.7 Å². The fourth-order valence-electron chi connectivity index (χ4n) is 2.92. The molecule has 5 heteroatoms. The number of halogens is 1. The summed E-state index contributed by atoms with van der Waals surface area (Å²) < 4.78 is 0.923. The number of aromatic nitrogens is 3.